The number of rotatable bonds is 7. The van der Waals surface area contributed by atoms with Crippen molar-refractivity contribution in [3.8, 4) is 0 Å². The van der Waals surface area contributed by atoms with E-state index in [1.54, 1.807) is 19.3 Å². The SMILES string of the molecule is CCOC(=O)CN(CC)C(=O)CCc1cccnc1. The Kier molecular flexibility index (Phi) is 6.57. The van der Waals surface area contributed by atoms with E-state index in [4.69, 9.17) is 4.74 Å². The van der Waals surface area contributed by atoms with Gasteiger partial charge < -0.3 is 9.64 Å². The first-order valence-electron chi connectivity index (χ1n) is 6.49. The van der Waals surface area contributed by atoms with Gasteiger partial charge in [0, 0.05) is 25.4 Å². The monoisotopic (exact) mass is 264 g/mol. The number of aromatic nitrogens is 1. The van der Waals surface area contributed by atoms with Gasteiger partial charge in [-0.2, -0.15) is 0 Å². The maximum atomic E-state index is 12.0. The van der Waals surface area contributed by atoms with E-state index >= 15 is 0 Å². The number of carbonyl (C=O) groups excluding carboxylic acids is 2. The van der Waals surface area contributed by atoms with Crippen molar-refractivity contribution >= 4 is 11.9 Å². The smallest absolute Gasteiger partial charge is 0.325 e. The zero-order chi connectivity index (χ0) is 14.1. The summed E-state index contributed by atoms with van der Waals surface area (Å²) in [4.78, 5) is 28.9. The number of carbonyl (C=O) groups is 2. The molecule has 0 saturated heterocycles. The molecule has 19 heavy (non-hydrogen) atoms. The summed E-state index contributed by atoms with van der Waals surface area (Å²) in [7, 11) is 0. The predicted molar refractivity (Wildman–Crippen MR) is 71.4 cm³/mol. The second-order valence-corrected chi connectivity index (χ2v) is 4.07. The normalized spacial score (nSPS) is 10.0. The molecule has 5 heteroatoms. The second kappa shape index (κ2) is 8.24. The van der Waals surface area contributed by atoms with Crippen LogP contribution in [0.4, 0.5) is 0 Å². The summed E-state index contributed by atoms with van der Waals surface area (Å²) in [6, 6.07) is 3.78. The molecule has 1 heterocycles. The lowest BCUT2D eigenvalue weighted by atomic mass is 10.1. The summed E-state index contributed by atoms with van der Waals surface area (Å²) in [6.45, 7) is 4.46. The van der Waals surface area contributed by atoms with Crippen molar-refractivity contribution in [3.05, 3.63) is 30.1 Å². The van der Waals surface area contributed by atoms with Gasteiger partial charge >= 0.3 is 5.97 Å². The molecular formula is C14H20N2O3. The van der Waals surface area contributed by atoms with Crippen molar-refractivity contribution in [1.82, 2.24) is 9.88 Å². The highest BCUT2D eigenvalue weighted by atomic mass is 16.5. The number of likely N-dealkylation sites (N-methyl/N-ethyl adjacent to an activating group) is 1. The number of ether oxygens (including phenoxy) is 1. The van der Waals surface area contributed by atoms with Gasteiger partial charge in [-0.05, 0) is 31.9 Å². The van der Waals surface area contributed by atoms with Crippen molar-refractivity contribution in [2.45, 2.75) is 26.7 Å². The zero-order valence-corrected chi connectivity index (χ0v) is 11.5. The highest BCUT2D eigenvalue weighted by Crippen LogP contribution is 2.03. The van der Waals surface area contributed by atoms with Crippen LogP contribution in [0.3, 0.4) is 0 Å². The van der Waals surface area contributed by atoms with E-state index in [0.717, 1.165) is 5.56 Å². The number of aryl methyl sites for hydroxylation is 1. The Labute approximate surface area is 113 Å². The van der Waals surface area contributed by atoms with Crippen molar-refractivity contribution in [2.75, 3.05) is 19.7 Å². The van der Waals surface area contributed by atoms with Crippen LogP contribution in [-0.4, -0.2) is 41.5 Å². The maximum absolute atomic E-state index is 12.0. The fraction of sp³-hybridized carbons (Fsp3) is 0.500. The first-order chi connectivity index (χ1) is 9.17. The average Bonchev–Trinajstić information content (AvgIpc) is 2.43. The Balaban J connectivity index is 2.43. The number of esters is 1. The topological polar surface area (TPSA) is 59.5 Å². The third kappa shape index (κ3) is 5.50. The molecule has 0 saturated carbocycles. The van der Waals surface area contributed by atoms with Crippen LogP contribution in [-0.2, 0) is 20.7 Å². The lowest BCUT2D eigenvalue weighted by Gasteiger charge is -2.19. The predicted octanol–water partition coefficient (Wildman–Crippen LogP) is 1.43. The van der Waals surface area contributed by atoms with Gasteiger partial charge in [0.2, 0.25) is 5.91 Å². The minimum Gasteiger partial charge on any atom is -0.465 e. The van der Waals surface area contributed by atoms with E-state index in [-0.39, 0.29) is 18.4 Å². The van der Waals surface area contributed by atoms with Crippen molar-refractivity contribution < 1.29 is 14.3 Å². The Morgan fingerprint density at radius 1 is 1.37 bits per heavy atom. The molecule has 0 fully saturated rings. The van der Waals surface area contributed by atoms with E-state index in [2.05, 4.69) is 4.98 Å². The molecule has 0 bridgehead atoms. The van der Waals surface area contributed by atoms with Gasteiger partial charge in [-0.1, -0.05) is 6.07 Å². The summed E-state index contributed by atoms with van der Waals surface area (Å²) in [5.41, 5.74) is 1.02. The van der Waals surface area contributed by atoms with Crippen LogP contribution in [0.15, 0.2) is 24.5 Å². The molecule has 0 atom stereocenters. The minimum atomic E-state index is -0.362. The molecule has 1 amide bonds. The van der Waals surface area contributed by atoms with E-state index < -0.39 is 0 Å². The molecule has 0 unspecified atom stereocenters. The Hall–Kier alpha value is -1.91. The van der Waals surface area contributed by atoms with E-state index in [0.29, 0.717) is 26.0 Å². The van der Waals surface area contributed by atoms with Crippen LogP contribution >= 0.6 is 0 Å². The van der Waals surface area contributed by atoms with Crippen molar-refractivity contribution in [2.24, 2.45) is 0 Å². The molecule has 0 radical (unpaired) electrons. The molecule has 0 aromatic carbocycles. The fourth-order valence-corrected chi connectivity index (χ4v) is 1.69. The van der Waals surface area contributed by atoms with Gasteiger partial charge in [0.05, 0.1) is 6.61 Å². The lowest BCUT2D eigenvalue weighted by Crippen LogP contribution is -2.36. The summed E-state index contributed by atoms with van der Waals surface area (Å²) in [5, 5.41) is 0. The number of amides is 1. The van der Waals surface area contributed by atoms with E-state index in [1.165, 1.54) is 4.90 Å². The van der Waals surface area contributed by atoms with E-state index in [9.17, 15) is 9.59 Å². The highest BCUT2D eigenvalue weighted by molar-refractivity contribution is 5.82. The summed E-state index contributed by atoms with van der Waals surface area (Å²) < 4.78 is 4.84. The van der Waals surface area contributed by atoms with Gasteiger partial charge in [-0.3, -0.25) is 14.6 Å². The molecule has 0 aliphatic rings. The maximum Gasteiger partial charge on any atom is 0.325 e. The number of nitrogens with zero attached hydrogens (tertiary/aromatic N) is 2. The molecule has 0 N–H and O–H groups in total. The van der Waals surface area contributed by atoms with Crippen LogP contribution in [0.25, 0.3) is 0 Å². The van der Waals surface area contributed by atoms with Gasteiger partial charge in [0.15, 0.2) is 0 Å². The molecule has 0 aliphatic carbocycles. The van der Waals surface area contributed by atoms with Gasteiger partial charge in [-0.25, -0.2) is 0 Å². The van der Waals surface area contributed by atoms with Crippen molar-refractivity contribution in [3.63, 3.8) is 0 Å². The van der Waals surface area contributed by atoms with Crippen molar-refractivity contribution in [1.29, 1.82) is 0 Å². The molecule has 1 aromatic heterocycles. The largest absolute Gasteiger partial charge is 0.465 e. The second-order valence-electron chi connectivity index (χ2n) is 4.07. The molecule has 1 rings (SSSR count). The number of pyridine rings is 1. The third-order valence-corrected chi connectivity index (χ3v) is 2.71. The minimum absolute atomic E-state index is 0.0240. The third-order valence-electron chi connectivity index (χ3n) is 2.71. The Morgan fingerprint density at radius 2 is 2.16 bits per heavy atom. The quantitative estimate of drug-likeness (QED) is 0.699. The molecule has 104 valence electrons. The molecular weight excluding hydrogens is 244 g/mol. The molecule has 0 aliphatic heterocycles. The summed E-state index contributed by atoms with van der Waals surface area (Å²) in [6.07, 6.45) is 4.45. The average molecular weight is 264 g/mol. The van der Waals surface area contributed by atoms with Crippen LogP contribution in [0, 0.1) is 0 Å². The Morgan fingerprint density at radius 3 is 2.74 bits per heavy atom. The number of hydrogen-bond acceptors (Lipinski definition) is 4. The first-order valence-corrected chi connectivity index (χ1v) is 6.49. The number of hydrogen-bond donors (Lipinski definition) is 0. The van der Waals surface area contributed by atoms with Gasteiger partial charge in [0.25, 0.3) is 0 Å². The van der Waals surface area contributed by atoms with Crippen LogP contribution in [0.2, 0.25) is 0 Å². The fourth-order valence-electron chi connectivity index (χ4n) is 1.69. The molecule has 0 spiro atoms. The first kappa shape index (κ1) is 15.1. The molecule has 5 nitrogen and oxygen atoms in total. The lowest BCUT2D eigenvalue weighted by molar-refractivity contribution is -0.148. The Bertz CT molecular complexity index is 406. The molecule has 1 aromatic rings. The van der Waals surface area contributed by atoms with Crippen LogP contribution in [0.5, 0.6) is 0 Å². The van der Waals surface area contributed by atoms with Gasteiger partial charge in [0.1, 0.15) is 6.54 Å². The summed E-state index contributed by atoms with van der Waals surface area (Å²) >= 11 is 0. The van der Waals surface area contributed by atoms with Gasteiger partial charge in [-0.15, -0.1) is 0 Å². The highest BCUT2D eigenvalue weighted by Gasteiger charge is 2.15. The van der Waals surface area contributed by atoms with E-state index in [1.807, 2.05) is 19.1 Å². The van der Waals surface area contributed by atoms with Crippen LogP contribution < -0.4 is 0 Å². The summed E-state index contributed by atoms with van der Waals surface area (Å²) in [5.74, 6) is -0.404. The standard InChI is InChI=1S/C14H20N2O3/c1-3-16(11-14(18)19-4-2)13(17)8-7-12-6-5-9-15-10-12/h5-6,9-10H,3-4,7-8,11H2,1-2H3. The zero-order valence-electron chi connectivity index (χ0n) is 11.5. The van der Waals surface area contributed by atoms with Crippen LogP contribution in [0.1, 0.15) is 25.8 Å².